The Kier molecular flexibility index (Phi) is 9.07. The SMILES string of the molecule is COCCCNC(=O)COc1ccc(OCCC(C)C)cc1. The van der Waals surface area contributed by atoms with Crippen LogP contribution in [0.3, 0.4) is 0 Å². The summed E-state index contributed by atoms with van der Waals surface area (Å²) in [5.74, 6) is 1.97. The number of rotatable bonds is 11. The number of amides is 1. The van der Waals surface area contributed by atoms with Gasteiger partial charge in [0.25, 0.3) is 5.91 Å². The monoisotopic (exact) mass is 309 g/mol. The first-order valence-electron chi connectivity index (χ1n) is 7.73. The first kappa shape index (κ1) is 18.3. The summed E-state index contributed by atoms with van der Waals surface area (Å²) < 4.78 is 16.0. The quantitative estimate of drug-likeness (QED) is 0.639. The van der Waals surface area contributed by atoms with Crippen LogP contribution >= 0.6 is 0 Å². The third kappa shape index (κ3) is 8.52. The lowest BCUT2D eigenvalue weighted by Crippen LogP contribution is -2.30. The van der Waals surface area contributed by atoms with Gasteiger partial charge in [-0.05, 0) is 43.0 Å². The van der Waals surface area contributed by atoms with Gasteiger partial charge >= 0.3 is 0 Å². The number of benzene rings is 1. The van der Waals surface area contributed by atoms with Crippen molar-refractivity contribution in [2.75, 3.05) is 33.5 Å². The average molecular weight is 309 g/mol. The maximum absolute atomic E-state index is 11.5. The molecule has 0 aliphatic carbocycles. The Balaban J connectivity index is 2.22. The molecule has 5 heteroatoms. The fourth-order valence-corrected chi connectivity index (χ4v) is 1.69. The van der Waals surface area contributed by atoms with E-state index in [2.05, 4.69) is 19.2 Å². The third-order valence-corrected chi connectivity index (χ3v) is 3.00. The number of carbonyl (C=O) groups excluding carboxylic acids is 1. The lowest BCUT2D eigenvalue weighted by atomic mass is 10.1. The van der Waals surface area contributed by atoms with Gasteiger partial charge in [-0.1, -0.05) is 13.8 Å². The van der Waals surface area contributed by atoms with Crippen molar-refractivity contribution in [3.63, 3.8) is 0 Å². The Labute approximate surface area is 132 Å². The minimum absolute atomic E-state index is 0.0144. The second-order valence-electron chi connectivity index (χ2n) is 5.49. The van der Waals surface area contributed by atoms with E-state index in [9.17, 15) is 4.79 Å². The Morgan fingerprint density at radius 3 is 2.32 bits per heavy atom. The predicted octanol–water partition coefficient (Wildman–Crippen LogP) is 2.64. The van der Waals surface area contributed by atoms with Crippen molar-refractivity contribution in [3.05, 3.63) is 24.3 Å². The molecule has 22 heavy (non-hydrogen) atoms. The largest absolute Gasteiger partial charge is 0.494 e. The number of hydrogen-bond acceptors (Lipinski definition) is 4. The van der Waals surface area contributed by atoms with E-state index in [1.165, 1.54) is 0 Å². The fourth-order valence-electron chi connectivity index (χ4n) is 1.69. The Morgan fingerprint density at radius 1 is 1.09 bits per heavy atom. The minimum atomic E-state index is -0.131. The smallest absolute Gasteiger partial charge is 0.257 e. The minimum Gasteiger partial charge on any atom is -0.494 e. The van der Waals surface area contributed by atoms with E-state index in [0.717, 1.165) is 18.6 Å². The van der Waals surface area contributed by atoms with E-state index in [0.29, 0.717) is 31.4 Å². The molecule has 0 bridgehead atoms. The van der Waals surface area contributed by atoms with Crippen molar-refractivity contribution in [1.29, 1.82) is 0 Å². The van der Waals surface area contributed by atoms with Gasteiger partial charge in [-0.2, -0.15) is 0 Å². The molecule has 0 atom stereocenters. The molecule has 0 aromatic heterocycles. The molecule has 0 aliphatic rings. The van der Waals surface area contributed by atoms with Crippen LogP contribution < -0.4 is 14.8 Å². The molecular formula is C17H27NO4. The number of carbonyl (C=O) groups is 1. The highest BCUT2D eigenvalue weighted by atomic mass is 16.5. The molecule has 1 aromatic carbocycles. The van der Waals surface area contributed by atoms with Crippen molar-refractivity contribution in [2.24, 2.45) is 5.92 Å². The lowest BCUT2D eigenvalue weighted by molar-refractivity contribution is -0.123. The maximum Gasteiger partial charge on any atom is 0.257 e. The molecule has 124 valence electrons. The molecule has 0 aliphatic heterocycles. The summed E-state index contributed by atoms with van der Waals surface area (Å²) in [6, 6.07) is 7.32. The normalized spacial score (nSPS) is 10.5. The predicted molar refractivity (Wildman–Crippen MR) is 86.4 cm³/mol. The van der Waals surface area contributed by atoms with Crippen molar-refractivity contribution in [2.45, 2.75) is 26.7 Å². The Hall–Kier alpha value is -1.75. The van der Waals surface area contributed by atoms with E-state index in [4.69, 9.17) is 14.2 Å². The van der Waals surface area contributed by atoms with Crippen LogP contribution in [0.2, 0.25) is 0 Å². The van der Waals surface area contributed by atoms with Crippen LogP contribution in [0, 0.1) is 5.92 Å². The number of methoxy groups -OCH3 is 1. The average Bonchev–Trinajstić information content (AvgIpc) is 2.50. The number of ether oxygens (including phenoxy) is 3. The highest BCUT2D eigenvalue weighted by Gasteiger charge is 2.03. The van der Waals surface area contributed by atoms with Gasteiger partial charge in [0.15, 0.2) is 6.61 Å². The molecule has 5 nitrogen and oxygen atoms in total. The zero-order chi connectivity index (χ0) is 16.2. The van der Waals surface area contributed by atoms with E-state index < -0.39 is 0 Å². The van der Waals surface area contributed by atoms with Crippen LogP contribution in [0.4, 0.5) is 0 Å². The second-order valence-corrected chi connectivity index (χ2v) is 5.49. The van der Waals surface area contributed by atoms with Crippen LogP contribution in [0.15, 0.2) is 24.3 Å². The standard InChI is InChI=1S/C17H27NO4/c1-14(2)9-12-21-15-5-7-16(8-6-15)22-13-17(19)18-10-4-11-20-3/h5-8,14H,4,9-13H2,1-3H3,(H,18,19). The fraction of sp³-hybridized carbons (Fsp3) is 0.588. The second kappa shape index (κ2) is 10.9. The molecule has 1 rings (SSSR count). The van der Waals surface area contributed by atoms with E-state index >= 15 is 0 Å². The molecule has 1 N–H and O–H groups in total. The molecule has 0 unspecified atom stereocenters. The van der Waals surface area contributed by atoms with Gasteiger partial charge in [-0.15, -0.1) is 0 Å². The molecule has 0 spiro atoms. The van der Waals surface area contributed by atoms with E-state index in [1.54, 1.807) is 7.11 Å². The lowest BCUT2D eigenvalue weighted by Gasteiger charge is -2.10. The van der Waals surface area contributed by atoms with E-state index in [1.807, 2.05) is 24.3 Å². The van der Waals surface area contributed by atoms with Crippen LogP contribution in [0.1, 0.15) is 26.7 Å². The zero-order valence-electron chi connectivity index (χ0n) is 13.8. The summed E-state index contributed by atoms with van der Waals surface area (Å²) in [7, 11) is 1.64. The Morgan fingerprint density at radius 2 is 1.73 bits per heavy atom. The van der Waals surface area contributed by atoms with Crippen molar-refractivity contribution >= 4 is 5.91 Å². The first-order valence-corrected chi connectivity index (χ1v) is 7.73. The summed E-state index contributed by atoms with van der Waals surface area (Å²) in [4.78, 5) is 11.5. The van der Waals surface area contributed by atoms with Gasteiger partial charge in [0.05, 0.1) is 6.61 Å². The third-order valence-electron chi connectivity index (χ3n) is 3.00. The van der Waals surface area contributed by atoms with Crippen molar-refractivity contribution < 1.29 is 19.0 Å². The topological polar surface area (TPSA) is 56.8 Å². The maximum atomic E-state index is 11.5. The molecule has 0 heterocycles. The van der Waals surface area contributed by atoms with Crippen LogP contribution in [0.25, 0.3) is 0 Å². The summed E-state index contributed by atoms with van der Waals surface area (Å²) in [5, 5.41) is 2.77. The van der Waals surface area contributed by atoms with Crippen LogP contribution in [0.5, 0.6) is 11.5 Å². The van der Waals surface area contributed by atoms with Gasteiger partial charge in [-0.3, -0.25) is 4.79 Å². The highest BCUT2D eigenvalue weighted by Crippen LogP contribution is 2.18. The van der Waals surface area contributed by atoms with Gasteiger partial charge in [0, 0.05) is 20.3 Å². The van der Waals surface area contributed by atoms with Gasteiger partial charge in [-0.25, -0.2) is 0 Å². The van der Waals surface area contributed by atoms with Crippen molar-refractivity contribution in [3.8, 4) is 11.5 Å². The molecule has 0 fully saturated rings. The molecule has 0 saturated carbocycles. The Bertz CT molecular complexity index is 417. The zero-order valence-corrected chi connectivity index (χ0v) is 13.8. The highest BCUT2D eigenvalue weighted by molar-refractivity contribution is 5.77. The summed E-state index contributed by atoms with van der Waals surface area (Å²) in [6.07, 6.45) is 1.83. The van der Waals surface area contributed by atoms with Gasteiger partial charge < -0.3 is 19.5 Å². The summed E-state index contributed by atoms with van der Waals surface area (Å²) in [5.41, 5.74) is 0. The van der Waals surface area contributed by atoms with Gasteiger partial charge in [0.2, 0.25) is 0 Å². The number of nitrogens with one attached hydrogen (secondary N) is 1. The molecule has 1 aromatic rings. The van der Waals surface area contributed by atoms with Crippen LogP contribution in [-0.2, 0) is 9.53 Å². The van der Waals surface area contributed by atoms with Crippen molar-refractivity contribution in [1.82, 2.24) is 5.32 Å². The summed E-state index contributed by atoms with van der Waals surface area (Å²) >= 11 is 0. The van der Waals surface area contributed by atoms with Crippen LogP contribution in [-0.4, -0.2) is 39.4 Å². The molecule has 0 saturated heterocycles. The first-order chi connectivity index (χ1) is 10.6. The van der Waals surface area contributed by atoms with Gasteiger partial charge in [0.1, 0.15) is 11.5 Å². The number of hydrogen-bond donors (Lipinski definition) is 1. The molecule has 0 radical (unpaired) electrons. The molecule has 1 amide bonds. The van der Waals surface area contributed by atoms with E-state index in [-0.39, 0.29) is 12.5 Å². The molecular weight excluding hydrogens is 282 g/mol. The summed E-state index contributed by atoms with van der Waals surface area (Å²) in [6.45, 7) is 6.29.